The Morgan fingerprint density at radius 2 is 2.23 bits per heavy atom. The Morgan fingerprint density at radius 1 is 1.32 bits per heavy atom. The van der Waals surface area contributed by atoms with Crippen LogP contribution in [0.2, 0.25) is 0 Å². The molecule has 1 aromatic carbocycles. The molecular formula is C16H17N5O. The third-order valence-electron chi connectivity index (χ3n) is 4.33. The number of fused-ring (bicyclic) bond motifs is 2. The monoisotopic (exact) mass is 295 g/mol. The first-order valence-corrected chi connectivity index (χ1v) is 7.56. The summed E-state index contributed by atoms with van der Waals surface area (Å²) in [6.45, 7) is 0.763. The molecule has 1 aliphatic carbocycles. The van der Waals surface area contributed by atoms with E-state index in [9.17, 15) is 4.79 Å². The molecule has 0 spiro atoms. The number of aromatic amines is 2. The molecule has 0 bridgehead atoms. The molecule has 3 aromatic rings. The first-order chi connectivity index (χ1) is 10.8. The summed E-state index contributed by atoms with van der Waals surface area (Å²) in [7, 11) is 0. The van der Waals surface area contributed by atoms with Crippen LogP contribution in [0.5, 0.6) is 0 Å². The van der Waals surface area contributed by atoms with Gasteiger partial charge in [0.25, 0.3) is 5.56 Å². The lowest BCUT2D eigenvalue weighted by Gasteiger charge is -2.25. The minimum absolute atomic E-state index is 0.176. The lowest BCUT2D eigenvalue weighted by Crippen LogP contribution is -2.20. The van der Waals surface area contributed by atoms with E-state index in [-0.39, 0.29) is 5.56 Å². The van der Waals surface area contributed by atoms with E-state index >= 15 is 0 Å². The molecule has 0 radical (unpaired) electrons. The number of rotatable bonds is 3. The van der Waals surface area contributed by atoms with Crippen LogP contribution in [0.25, 0.3) is 11.0 Å². The summed E-state index contributed by atoms with van der Waals surface area (Å²) in [5, 5.41) is 10.3. The maximum Gasteiger partial charge on any atom is 0.263 e. The molecule has 2 aromatic heterocycles. The number of anilines is 1. The van der Waals surface area contributed by atoms with Crippen molar-refractivity contribution < 1.29 is 0 Å². The summed E-state index contributed by atoms with van der Waals surface area (Å²) in [6.07, 6.45) is 5.00. The first kappa shape index (κ1) is 13.1. The van der Waals surface area contributed by atoms with Crippen LogP contribution in [0, 0.1) is 0 Å². The Labute approximate surface area is 127 Å². The van der Waals surface area contributed by atoms with Crippen molar-refractivity contribution in [2.24, 2.45) is 0 Å². The average Bonchev–Trinajstić information content (AvgIpc) is 3.02. The fraction of sp³-hybridized carbons (Fsp3) is 0.312. The van der Waals surface area contributed by atoms with Crippen LogP contribution < -0.4 is 10.9 Å². The number of hydrogen-bond acceptors (Lipinski definition) is 4. The summed E-state index contributed by atoms with van der Waals surface area (Å²) < 4.78 is 0. The lowest BCUT2D eigenvalue weighted by atomic mass is 9.83. The van der Waals surface area contributed by atoms with Crippen molar-refractivity contribution in [2.45, 2.75) is 25.2 Å². The Balaban J connectivity index is 1.56. The van der Waals surface area contributed by atoms with Gasteiger partial charge in [-0.1, -0.05) is 24.3 Å². The van der Waals surface area contributed by atoms with E-state index in [2.05, 4.69) is 49.7 Å². The number of aryl methyl sites for hydroxylation is 1. The maximum atomic E-state index is 11.9. The summed E-state index contributed by atoms with van der Waals surface area (Å²) in [4.78, 5) is 19.0. The van der Waals surface area contributed by atoms with E-state index in [1.54, 1.807) is 0 Å². The molecule has 0 saturated carbocycles. The standard InChI is InChI=1S/C16H17N5O/c22-15-13-9-18-21-14(13)19-16(20-15)17-8-11-6-3-5-10-4-1-2-7-12(10)11/h1-2,4,7,9,11H,3,5-6,8H2,(H3,17,18,19,20,21,22). The molecule has 6 heteroatoms. The fourth-order valence-electron chi connectivity index (χ4n) is 3.22. The van der Waals surface area contributed by atoms with Gasteiger partial charge in [0.2, 0.25) is 5.95 Å². The van der Waals surface area contributed by atoms with Gasteiger partial charge in [-0.15, -0.1) is 0 Å². The predicted octanol–water partition coefficient (Wildman–Crippen LogP) is 2.18. The third-order valence-corrected chi connectivity index (χ3v) is 4.33. The molecule has 1 atom stereocenters. The molecule has 1 aliphatic rings. The average molecular weight is 295 g/mol. The van der Waals surface area contributed by atoms with Gasteiger partial charge in [0, 0.05) is 12.5 Å². The van der Waals surface area contributed by atoms with Crippen LogP contribution in [0.15, 0.2) is 35.3 Å². The van der Waals surface area contributed by atoms with Gasteiger partial charge in [-0.3, -0.25) is 14.9 Å². The quantitative estimate of drug-likeness (QED) is 0.691. The zero-order valence-electron chi connectivity index (χ0n) is 12.1. The molecule has 4 rings (SSSR count). The Morgan fingerprint density at radius 3 is 3.18 bits per heavy atom. The zero-order chi connectivity index (χ0) is 14.9. The van der Waals surface area contributed by atoms with Gasteiger partial charge in [-0.25, -0.2) is 0 Å². The number of benzene rings is 1. The highest BCUT2D eigenvalue weighted by Gasteiger charge is 2.19. The minimum atomic E-state index is -0.176. The van der Waals surface area contributed by atoms with Crippen LogP contribution in [0.4, 0.5) is 5.95 Å². The first-order valence-electron chi connectivity index (χ1n) is 7.56. The van der Waals surface area contributed by atoms with Gasteiger partial charge < -0.3 is 5.32 Å². The van der Waals surface area contributed by atoms with Crippen LogP contribution in [-0.2, 0) is 6.42 Å². The summed E-state index contributed by atoms with van der Waals surface area (Å²) in [6, 6.07) is 8.60. The van der Waals surface area contributed by atoms with Crippen molar-refractivity contribution in [1.29, 1.82) is 0 Å². The topological polar surface area (TPSA) is 86.5 Å². The van der Waals surface area contributed by atoms with Crippen LogP contribution in [-0.4, -0.2) is 26.7 Å². The molecule has 112 valence electrons. The lowest BCUT2D eigenvalue weighted by molar-refractivity contribution is 0.570. The molecule has 2 heterocycles. The zero-order valence-corrected chi connectivity index (χ0v) is 12.1. The number of H-pyrrole nitrogens is 2. The van der Waals surface area contributed by atoms with E-state index < -0.39 is 0 Å². The molecule has 1 unspecified atom stereocenters. The van der Waals surface area contributed by atoms with Gasteiger partial charge in [-0.2, -0.15) is 10.1 Å². The van der Waals surface area contributed by atoms with E-state index in [0.717, 1.165) is 19.4 Å². The minimum Gasteiger partial charge on any atom is -0.355 e. The molecule has 0 fully saturated rings. The van der Waals surface area contributed by atoms with Gasteiger partial charge in [-0.05, 0) is 30.4 Å². The second-order valence-electron chi connectivity index (χ2n) is 5.72. The molecule has 22 heavy (non-hydrogen) atoms. The predicted molar refractivity (Wildman–Crippen MR) is 85.1 cm³/mol. The fourth-order valence-corrected chi connectivity index (χ4v) is 3.22. The maximum absolute atomic E-state index is 11.9. The van der Waals surface area contributed by atoms with Crippen molar-refractivity contribution in [1.82, 2.24) is 20.2 Å². The number of aromatic nitrogens is 4. The normalized spacial score (nSPS) is 17.4. The summed E-state index contributed by atoms with van der Waals surface area (Å²) in [5.41, 5.74) is 3.18. The Bertz CT molecular complexity index is 866. The highest BCUT2D eigenvalue weighted by molar-refractivity contribution is 5.73. The van der Waals surface area contributed by atoms with Crippen molar-refractivity contribution in [3.8, 4) is 0 Å². The van der Waals surface area contributed by atoms with Crippen molar-refractivity contribution >= 4 is 17.0 Å². The van der Waals surface area contributed by atoms with Crippen LogP contribution >= 0.6 is 0 Å². The van der Waals surface area contributed by atoms with Crippen molar-refractivity contribution in [2.75, 3.05) is 11.9 Å². The van der Waals surface area contributed by atoms with E-state index in [1.165, 1.54) is 23.7 Å². The number of nitrogens with one attached hydrogen (secondary N) is 3. The molecule has 0 amide bonds. The summed E-state index contributed by atoms with van der Waals surface area (Å²) >= 11 is 0. The highest BCUT2D eigenvalue weighted by atomic mass is 16.1. The van der Waals surface area contributed by atoms with E-state index in [4.69, 9.17) is 0 Å². The summed E-state index contributed by atoms with van der Waals surface area (Å²) in [5.74, 6) is 0.942. The smallest absolute Gasteiger partial charge is 0.263 e. The SMILES string of the molecule is O=c1[nH]c(NCC2CCCc3ccccc32)nc2[nH]ncc12. The molecule has 0 aliphatic heterocycles. The second kappa shape index (κ2) is 5.29. The molecular weight excluding hydrogens is 278 g/mol. The van der Waals surface area contributed by atoms with Crippen LogP contribution in [0.3, 0.4) is 0 Å². The largest absolute Gasteiger partial charge is 0.355 e. The third kappa shape index (κ3) is 2.26. The number of nitrogens with zero attached hydrogens (tertiary/aromatic N) is 2. The van der Waals surface area contributed by atoms with Gasteiger partial charge >= 0.3 is 0 Å². The van der Waals surface area contributed by atoms with Crippen LogP contribution in [0.1, 0.15) is 29.9 Å². The molecule has 3 N–H and O–H groups in total. The van der Waals surface area contributed by atoms with Gasteiger partial charge in [0.1, 0.15) is 5.39 Å². The number of hydrogen-bond donors (Lipinski definition) is 3. The van der Waals surface area contributed by atoms with Crippen molar-refractivity contribution in [3.63, 3.8) is 0 Å². The Kier molecular flexibility index (Phi) is 3.14. The molecule has 0 saturated heterocycles. The van der Waals surface area contributed by atoms with Gasteiger partial charge in [0.05, 0.1) is 6.20 Å². The van der Waals surface area contributed by atoms with Crippen molar-refractivity contribution in [3.05, 3.63) is 51.9 Å². The van der Waals surface area contributed by atoms with E-state index in [1.807, 2.05) is 0 Å². The molecule has 6 nitrogen and oxygen atoms in total. The highest BCUT2D eigenvalue weighted by Crippen LogP contribution is 2.31. The van der Waals surface area contributed by atoms with Gasteiger partial charge in [0.15, 0.2) is 5.65 Å². The van der Waals surface area contributed by atoms with E-state index in [0.29, 0.717) is 22.9 Å². The second-order valence-corrected chi connectivity index (χ2v) is 5.72. The Hall–Kier alpha value is -2.63.